The van der Waals surface area contributed by atoms with Crippen LogP contribution in [0.3, 0.4) is 0 Å². The zero-order valence-corrected chi connectivity index (χ0v) is 35.3. The van der Waals surface area contributed by atoms with E-state index in [0.717, 1.165) is 44.9 Å². The van der Waals surface area contributed by atoms with Crippen LogP contribution in [0.4, 0.5) is 0 Å². The van der Waals surface area contributed by atoms with E-state index in [9.17, 15) is 9.90 Å². The third-order valence-corrected chi connectivity index (χ3v) is 9.83. The minimum atomic E-state index is -0.540. The minimum absolute atomic E-state index is 0.175. The zero-order chi connectivity index (χ0) is 38.4. The van der Waals surface area contributed by atoms with E-state index in [1.807, 2.05) is 0 Å². The summed E-state index contributed by atoms with van der Waals surface area (Å²) < 4.78 is 11.2. The van der Waals surface area contributed by atoms with E-state index in [1.165, 1.54) is 154 Å². The Kier molecular flexibility index (Phi) is 44.6. The first-order valence-corrected chi connectivity index (χ1v) is 22.9. The Bertz CT molecular complexity index is 870. The molecule has 0 aliphatic rings. The molecule has 1 unspecified atom stereocenters. The van der Waals surface area contributed by atoms with Gasteiger partial charge in [0, 0.05) is 13.0 Å². The van der Waals surface area contributed by atoms with E-state index in [4.69, 9.17) is 9.47 Å². The van der Waals surface area contributed by atoms with Gasteiger partial charge in [-0.3, -0.25) is 4.79 Å². The first kappa shape index (κ1) is 51.1. The zero-order valence-electron chi connectivity index (χ0n) is 35.3. The molecule has 0 heterocycles. The number of ether oxygens (including phenoxy) is 2. The lowest BCUT2D eigenvalue weighted by Crippen LogP contribution is -2.27. The van der Waals surface area contributed by atoms with Crippen molar-refractivity contribution in [2.24, 2.45) is 0 Å². The highest BCUT2D eigenvalue weighted by Gasteiger charge is 2.13. The van der Waals surface area contributed by atoms with Crippen LogP contribution in [0.1, 0.15) is 219 Å². The molecule has 0 saturated carbocycles. The topological polar surface area (TPSA) is 55.8 Å². The number of aliphatic hydroxyl groups is 1. The minimum Gasteiger partial charge on any atom is -0.457 e. The molecule has 1 N–H and O–H groups in total. The lowest BCUT2D eigenvalue weighted by molar-refractivity contribution is -0.154. The summed E-state index contributed by atoms with van der Waals surface area (Å²) in [6.45, 7) is 5.23. The van der Waals surface area contributed by atoms with Crippen molar-refractivity contribution in [3.63, 3.8) is 0 Å². The largest absolute Gasteiger partial charge is 0.457 e. The lowest BCUT2D eigenvalue weighted by atomic mass is 10.1. The Balaban J connectivity index is 3.43. The van der Waals surface area contributed by atoms with Gasteiger partial charge in [-0.05, 0) is 77.0 Å². The SMILES string of the molecule is CC/C=C\C/C=C\C/C=C\C/C=C\CCCCCCCCCCCCCOCC(CO)OC(=O)CCCCCCCCC/C=C\CCCCCCCC. The number of esters is 1. The van der Waals surface area contributed by atoms with Gasteiger partial charge in [0.1, 0.15) is 6.10 Å². The molecule has 0 radical (unpaired) electrons. The highest BCUT2D eigenvalue weighted by Crippen LogP contribution is 2.14. The molecule has 0 aromatic carbocycles. The molecule has 0 aliphatic heterocycles. The molecule has 0 fully saturated rings. The van der Waals surface area contributed by atoms with Crippen molar-refractivity contribution in [2.45, 2.75) is 225 Å². The van der Waals surface area contributed by atoms with Crippen molar-refractivity contribution in [3.05, 3.63) is 60.8 Å². The van der Waals surface area contributed by atoms with Gasteiger partial charge in [-0.2, -0.15) is 0 Å². The van der Waals surface area contributed by atoms with Crippen LogP contribution in [0, 0.1) is 0 Å². The molecule has 0 bridgehead atoms. The van der Waals surface area contributed by atoms with Crippen LogP contribution in [0.25, 0.3) is 0 Å². The molecule has 0 spiro atoms. The van der Waals surface area contributed by atoms with Gasteiger partial charge in [0.05, 0.1) is 13.2 Å². The van der Waals surface area contributed by atoms with Crippen molar-refractivity contribution in [3.8, 4) is 0 Å². The molecule has 0 rings (SSSR count). The Morgan fingerprint density at radius 1 is 0.472 bits per heavy atom. The molecule has 4 heteroatoms. The van der Waals surface area contributed by atoms with Gasteiger partial charge in [-0.15, -0.1) is 0 Å². The maximum atomic E-state index is 12.2. The summed E-state index contributed by atoms with van der Waals surface area (Å²) in [7, 11) is 0. The maximum Gasteiger partial charge on any atom is 0.306 e. The van der Waals surface area contributed by atoms with Crippen molar-refractivity contribution in [1.82, 2.24) is 0 Å². The molecule has 0 aromatic heterocycles. The first-order valence-electron chi connectivity index (χ1n) is 22.9. The van der Waals surface area contributed by atoms with Gasteiger partial charge in [-0.1, -0.05) is 197 Å². The molecule has 4 nitrogen and oxygen atoms in total. The number of carbonyl (C=O) groups excluding carboxylic acids is 1. The van der Waals surface area contributed by atoms with E-state index < -0.39 is 6.10 Å². The van der Waals surface area contributed by atoms with Crippen LogP contribution in [0.15, 0.2) is 60.8 Å². The predicted octanol–water partition coefficient (Wildman–Crippen LogP) is 15.2. The number of hydrogen-bond acceptors (Lipinski definition) is 4. The molecule has 53 heavy (non-hydrogen) atoms. The van der Waals surface area contributed by atoms with Gasteiger partial charge in [0.25, 0.3) is 0 Å². The smallest absolute Gasteiger partial charge is 0.306 e. The summed E-state index contributed by atoms with van der Waals surface area (Å²) in [5.74, 6) is -0.206. The normalized spacial score (nSPS) is 12.9. The average molecular weight is 741 g/mol. The van der Waals surface area contributed by atoms with Crippen LogP contribution >= 0.6 is 0 Å². The molecule has 0 aromatic rings. The highest BCUT2D eigenvalue weighted by molar-refractivity contribution is 5.69. The third-order valence-electron chi connectivity index (χ3n) is 9.83. The van der Waals surface area contributed by atoms with Gasteiger partial charge >= 0.3 is 5.97 Å². The van der Waals surface area contributed by atoms with Crippen molar-refractivity contribution in [2.75, 3.05) is 19.8 Å². The van der Waals surface area contributed by atoms with Crippen LogP contribution < -0.4 is 0 Å². The quantitative estimate of drug-likeness (QED) is 0.0385. The number of allylic oxidation sites excluding steroid dienone is 10. The molecule has 0 aliphatic carbocycles. The second kappa shape index (κ2) is 46.2. The average Bonchev–Trinajstić information content (AvgIpc) is 3.16. The van der Waals surface area contributed by atoms with E-state index in [2.05, 4.69) is 74.6 Å². The van der Waals surface area contributed by atoms with Crippen molar-refractivity contribution >= 4 is 5.97 Å². The molecule has 0 amide bonds. The van der Waals surface area contributed by atoms with Gasteiger partial charge in [0.15, 0.2) is 0 Å². The number of aliphatic hydroxyl groups excluding tert-OH is 1. The van der Waals surface area contributed by atoms with Crippen LogP contribution in [0.5, 0.6) is 0 Å². The van der Waals surface area contributed by atoms with Gasteiger partial charge < -0.3 is 14.6 Å². The van der Waals surface area contributed by atoms with E-state index in [-0.39, 0.29) is 12.6 Å². The maximum absolute atomic E-state index is 12.2. The number of unbranched alkanes of at least 4 members (excludes halogenated alkanes) is 24. The Morgan fingerprint density at radius 3 is 1.30 bits per heavy atom. The molecule has 0 saturated heterocycles. The Morgan fingerprint density at radius 2 is 0.849 bits per heavy atom. The van der Waals surface area contributed by atoms with E-state index in [0.29, 0.717) is 19.6 Å². The summed E-state index contributed by atoms with van der Waals surface area (Å²) in [6.07, 6.45) is 61.5. The summed E-state index contributed by atoms with van der Waals surface area (Å²) >= 11 is 0. The summed E-state index contributed by atoms with van der Waals surface area (Å²) in [5.41, 5.74) is 0. The fourth-order valence-electron chi connectivity index (χ4n) is 6.43. The second-order valence-corrected chi connectivity index (χ2v) is 15.1. The summed E-state index contributed by atoms with van der Waals surface area (Å²) in [4.78, 5) is 12.2. The Labute approximate surface area is 330 Å². The third kappa shape index (κ3) is 44.4. The Hall–Kier alpha value is -1.91. The molecular formula is C49H88O4. The van der Waals surface area contributed by atoms with E-state index >= 15 is 0 Å². The standard InChI is InChI=1S/C49H88O4/c1-3-5-7-9-11-13-15-17-19-21-22-23-24-25-26-27-29-31-33-35-37-39-41-43-45-52-47-48(46-50)53-49(51)44-42-40-38-36-34-32-30-28-20-18-16-14-12-10-8-6-4-2/h5,7,11,13,17-20,22-23,48,50H,3-4,6,8-10,12,14-16,21,24-47H2,1-2H3/b7-5-,13-11-,19-17-,20-18-,23-22-. The van der Waals surface area contributed by atoms with E-state index in [1.54, 1.807) is 0 Å². The first-order chi connectivity index (χ1) is 26.2. The monoisotopic (exact) mass is 741 g/mol. The lowest BCUT2D eigenvalue weighted by Gasteiger charge is -2.16. The number of hydrogen-bond donors (Lipinski definition) is 1. The van der Waals surface area contributed by atoms with Crippen LogP contribution in [0.2, 0.25) is 0 Å². The molecular weight excluding hydrogens is 653 g/mol. The van der Waals surface area contributed by atoms with Crippen LogP contribution in [-0.4, -0.2) is 37.0 Å². The predicted molar refractivity (Wildman–Crippen MR) is 233 cm³/mol. The summed E-state index contributed by atoms with van der Waals surface area (Å²) in [5, 5.41) is 9.62. The molecule has 308 valence electrons. The summed E-state index contributed by atoms with van der Waals surface area (Å²) in [6, 6.07) is 0. The fraction of sp³-hybridized carbons (Fsp3) is 0.776. The molecule has 1 atom stereocenters. The van der Waals surface area contributed by atoms with Crippen LogP contribution in [-0.2, 0) is 14.3 Å². The van der Waals surface area contributed by atoms with Crippen molar-refractivity contribution < 1.29 is 19.4 Å². The van der Waals surface area contributed by atoms with Gasteiger partial charge in [-0.25, -0.2) is 0 Å². The number of rotatable bonds is 42. The second-order valence-electron chi connectivity index (χ2n) is 15.1. The number of carbonyl (C=O) groups is 1. The highest BCUT2D eigenvalue weighted by atomic mass is 16.6. The van der Waals surface area contributed by atoms with Gasteiger partial charge in [0.2, 0.25) is 0 Å². The van der Waals surface area contributed by atoms with Crippen molar-refractivity contribution in [1.29, 1.82) is 0 Å². The fourth-order valence-corrected chi connectivity index (χ4v) is 6.43.